The Morgan fingerprint density at radius 1 is 0.465 bits per heavy atom. The molecule has 2 heterocycles. The Bertz CT molecular complexity index is 2680. The first kappa shape index (κ1) is 70.2. The van der Waals surface area contributed by atoms with Crippen molar-refractivity contribution in [2.75, 3.05) is 19.6 Å². The number of hydrogen-bond donors (Lipinski definition) is 13. The first-order valence-electron chi connectivity index (χ1n) is 29.9. The molecule has 2 saturated heterocycles. The van der Waals surface area contributed by atoms with E-state index < -0.39 is 131 Å². The van der Waals surface area contributed by atoms with Crippen LogP contribution in [0.15, 0.2) is 70.6 Å². The summed E-state index contributed by atoms with van der Waals surface area (Å²) in [5.74, 6) is -9.21. The molecule has 0 spiro atoms. The van der Waals surface area contributed by atoms with Crippen LogP contribution >= 0.6 is 0 Å². The molecule has 0 aliphatic carbocycles. The summed E-state index contributed by atoms with van der Waals surface area (Å²) < 4.78 is 0. The van der Waals surface area contributed by atoms with E-state index in [0.29, 0.717) is 17.5 Å². The molecule has 0 saturated carbocycles. The quantitative estimate of drug-likeness (QED) is 0.0503. The smallest absolute Gasteiger partial charge is 0.246 e. The third-order valence-electron chi connectivity index (χ3n) is 14.7. The van der Waals surface area contributed by atoms with Gasteiger partial charge in [0.2, 0.25) is 59.1 Å². The molecule has 0 bridgehead atoms. The van der Waals surface area contributed by atoms with Crippen molar-refractivity contribution in [2.24, 2.45) is 56.6 Å². The lowest BCUT2D eigenvalue weighted by Crippen LogP contribution is -2.62. The standard InChI is InChI=1S/C60H94N16O10/c1-33(2)29-42-53(81)72-44(31-38-19-12-10-13-20-38)52(80)67-37(9)49(77)74-47(35(5)6)56(84)68-40(23-16-26-65-59(61)62)51(79)71-43(30-34(3)4)54(82)73-45(32-39-21-14-11-15-22-39)58(86)76-28-18-25-46(76)55(83)75-48(36(7)8)57(85)69-41(50(78)70-42)24-17-27-66-60(63)64/h10-15,19-22,33-37,40-48H,16-18,23-32H2,1-9H3,(H,67,80)(H,68,84)(H,69,85)(H,70,78)(H,71,79)(H,72,81)(H,73,82)(H,74,77)(H,75,83)(H4,61,62,65)(H4,63,64,66)/t37-,40-,41-,42-,43-,44+,45+,46-,47-,48-/m0/s1. The fraction of sp³-hybridized carbons (Fsp3) is 0.600. The molecule has 10 amide bonds. The molecule has 86 heavy (non-hydrogen) atoms. The van der Waals surface area contributed by atoms with Gasteiger partial charge in [0.15, 0.2) is 11.9 Å². The van der Waals surface area contributed by atoms with Crippen LogP contribution in [0.4, 0.5) is 0 Å². The zero-order valence-electron chi connectivity index (χ0n) is 51.3. The summed E-state index contributed by atoms with van der Waals surface area (Å²) in [6.45, 7) is 15.8. The van der Waals surface area contributed by atoms with Gasteiger partial charge in [-0.25, -0.2) is 0 Å². The minimum atomic E-state index is -1.32. The summed E-state index contributed by atoms with van der Waals surface area (Å²) in [5.41, 5.74) is 23.7. The summed E-state index contributed by atoms with van der Waals surface area (Å²) >= 11 is 0. The van der Waals surface area contributed by atoms with Crippen LogP contribution in [0, 0.1) is 23.7 Å². The molecular weight excluding hydrogens is 1100 g/mol. The number of nitrogens with zero attached hydrogens (tertiary/aromatic N) is 3. The second-order valence-electron chi connectivity index (χ2n) is 23.8. The zero-order valence-corrected chi connectivity index (χ0v) is 51.3. The number of amides is 10. The fourth-order valence-electron chi connectivity index (χ4n) is 10.2. The number of nitrogens with two attached hydrogens (primary N) is 4. The van der Waals surface area contributed by atoms with Crippen molar-refractivity contribution >= 4 is 71.0 Å². The van der Waals surface area contributed by atoms with Crippen LogP contribution in [-0.4, -0.2) is 156 Å². The van der Waals surface area contributed by atoms with Gasteiger partial charge < -0.3 is 75.7 Å². The van der Waals surface area contributed by atoms with E-state index in [1.165, 1.54) is 11.8 Å². The number of carbonyl (C=O) groups is 10. The first-order chi connectivity index (χ1) is 40.6. The normalized spacial score (nSPS) is 24.9. The van der Waals surface area contributed by atoms with Crippen molar-refractivity contribution in [1.29, 1.82) is 0 Å². The monoisotopic (exact) mass is 1200 g/mol. The van der Waals surface area contributed by atoms with Gasteiger partial charge >= 0.3 is 0 Å². The highest BCUT2D eigenvalue weighted by Gasteiger charge is 2.42. The topological polar surface area (TPSA) is 411 Å². The highest BCUT2D eigenvalue weighted by Crippen LogP contribution is 2.22. The molecule has 0 unspecified atom stereocenters. The second-order valence-corrected chi connectivity index (χ2v) is 23.8. The van der Waals surface area contributed by atoms with Crippen molar-refractivity contribution in [3.63, 3.8) is 0 Å². The molecule has 4 rings (SSSR count). The number of carbonyl (C=O) groups excluding carboxylic acids is 10. The van der Waals surface area contributed by atoms with Crippen LogP contribution in [0.3, 0.4) is 0 Å². The van der Waals surface area contributed by atoms with E-state index in [1.807, 2.05) is 27.7 Å². The predicted octanol–water partition coefficient (Wildman–Crippen LogP) is -0.629. The van der Waals surface area contributed by atoms with E-state index in [2.05, 4.69) is 57.8 Å². The SMILES string of the molecule is CC(C)C[C@@H]1NC(=O)[C@H](CCCN=C(N)N)NC(=O)[C@H](C(C)C)NC(=O)[C@@H]2CCCN2C(=O)[C@@H](Cc2ccccc2)NC(=O)[C@H](CC(C)C)NC(=O)[C@H](CCCN=C(N)N)NC(=O)[C@H](C(C)C)NC(=O)[C@H](C)NC(=O)[C@@H](Cc2ccccc2)NC1=O. The fourth-order valence-corrected chi connectivity index (χ4v) is 10.2. The molecule has 474 valence electrons. The molecule has 17 N–H and O–H groups in total. The van der Waals surface area contributed by atoms with Gasteiger partial charge in [0.05, 0.1) is 0 Å². The van der Waals surface area contributed by atoms with Gasteiger partial charge in [0.25, 0.3) is 0 Å². The Morgan fingerprint density at radius 2 is 0.837 bits per heavy atom. The van der Waals surface area contributed by atoms with Crippen LogP contribution in [-0.2, 0) is 60.8 Å². The van der Waals surface area contributed by atoms with Gasteiger partial charge in [-0.2, -0.15) is 0 Å². The van der Waals surface area contributed by atoms with Crippen LogP contribution in [0.25, 0.3) is 0 Å². The number of rotatable bonds is 18. The molecule has 2 aliphatic rings. The number of benzene rings is 2. The van der Waals surface area contributed by atoms with Gasteiger partial charge in [-0.1, -0.05) is 116 Å². The first-order valence-corrected chi connectivity index (χ1v) is 29.9. The largest absolute Gasteiger partial charge is 0.370 e. The third-order valence-corrected chi connectivity index (χ3v) is 14.7. The van der Waals surface area contributed by atoms with Gasteiger partial charge in [0.1, 0.15) is 60.4 Å². The second kappa shape index (κ2) is 34.6. The van der Waals surface area contributed by atoms with Gasteiger partial charge in [0, 0.05) is 32.5 Å². The molecule has 26 nitrogen and oxygen atoms in total. The summed E-state index contributed by atoms with van der Waals surface area (Å²) in [4.78, 5) is 155. The van der Waals surface area contributed by atoms with Crippen LogP contribution < -0.4 is 70.8 Å². The molecule has 0 radical (unpaired) electrons. The minimum absolute atomic E-state index is 0.00963. The van der Waals surface area contributed by atoms with Gasteiger partial charge in [-0.15, -0.1) is 0 Å². The highest BCUT2D eigenvalue weighted by atomic mass is 16.2. The van der Waals surface area contributed by atoms with Crippen molar-refractivity contribution < 1.29 is 47.9 Å². The van der Waals surface area contributed by atoms with Crippen molar-refractivity contribution in [2.45, 2.75) is 187 Å². The summed E-state index contributed by atoms with van der Waals surface area (Å²) in [6, 6.07) is 5.04. The molecule has 0 aromatic heterocycles. The van der Waals surface area contributed by atoms with E-state index in [4.69, 9.17) is 22.9 Å². The lowest BCUT2D eigenvalue weighted by Gasteiger charge is -2.32. The van der Waals surface area contributed by atoms with Crippen molar-refractivity contribution in [3.8, 4) is 0 Å². The predicted molar refractivity (Wildman–Crippen MR) is 326 cm³/mol. The lowest BCUT2D eigenvalue weighted by atomic mass is 9.99. The lowest BCUT2D eigenvalue weighted by molar-refractivity contribution is -0.143. The summed E-state index contributed by atoms with van der Waals surface area (Å²) in [7, 11) is 0. The number of fused-ring (bicyclic) bond motifs is 1. The average molecular weight is 1200 g/mol. The van der Waals surface area contributed by atoms with Gasteiger partial charge in [-0.3, -0.25) is 57.9 Å². The number of nitrogens with one attached hydrogen (secondary N) is 9. The van der Waals surface area contributed by atoms with E-state index in [0.717, 1.165) is 0 Å². The van der Waals surface area contributed by atoms with Crippen LogP contribution in [0.2, 0.25) is 0 Å². The highest BCUT2D eigenvalue weighted by molar-refractivity contribution is 6.00. The Kier molecular flexibility index (Phi) is 28.2. The maximum Gasteiger partial charge on any atom is 0.246 e. The maximum absolute atomic E-state index is 15.0. The Balaban J connectivity index is 1.86. The Hall–Kier alpha value is -8.32. The average Bonchev–Trinajstić information content (AvgIpc) is 2.87. The Labute approximate surface area is 504 Å². The van der Waals surface area contributed by atoms with Crippen molar-refractivity contribution in [3.05, 3.63) is 71.8 Å². The third kappa shape index (κ3) is 22.9. The van der Waals surface area contributed by atoms with Crippen LogP contribution in [0.1, 0.15) is 125 Å². The maximum atomic E-state index is 15.0. The summed E-state index contributed by atoms with van der Waals surface area (Å²) in [5, 5.41) is 25.0. The van der Waals surface area contributed by atoms with Gasteiger partial charge in [-0.05, 0) is 93.1 Å². The molecule has 26 heteroatoms. The summed E-state index contributed by atoms with van der Waals surface area (Å²) in [6.07, 6.45) is 1.05. The number of aliphatic imine (C=N–C) groups is 2. The molecule has 10 atom stereocenters. The molecule has 2 aromatic carbocycles. The van der Waals surface area contributed by atoms with E-state index >= 15 is 0 Å². The zero-order chi connectivity index (χ0) is 63.8. The number of guanidine groups is 2. The van der Waals surface area contributed by atoms with Crippen LogP contribution in [0.5, 0.6) is 0 Å². The van der Waals surface area contributed by atoms with Crippen molar-refractivity contribution in [1.82, 2.24) is 52.8 Å². The van der Waals surface area contributed by atoms with E-state index in [9.17, 15) is 47.9 Å². The number of hydrogen-bond acceptors (Lipinski definition) is 12. The Morgan fingerprint density at radius 3 is 1.26 bits per heavy atom. The molecular formula is C60H94N16O10. The molecule has 2 fully saturated rings. The minimum Gasteiger partial charge on any atom is -0.370 e. The molecule has 2 aromatic rings. The van der Waals surface area contributed by atoms with E-state index in [-0.39, 0.29) is 101 Å². The van der Waals surface area contributed by atoms with E-state index in [1.54, 1.807) is 88.4 Å². The molecule has 2 aliphatic heterocycles.